The van der Waals surface area contributed by atoms with Crippen molar-refractivity contribution in [3.8, 4) is 0 Å². The zero-order valence-corrected chi connectivity index (χ0v) is 15.6. The van der Waals surface area contributed by atoms with E-state index in [0.717, 1.165) is 0 Å². The SMILES string of the molecule is C=C(CCCC(C)=O)[C@H](C(=O)O)[C@H](CC=O)/C(C=O)=C\C=C\C(C)(C)O. The molecule has 26 heavy (non-hydrogen) atoms. The Morgan fingerprint density at radius 1 is 1.19 bits per heavy atom. The minimum absolute atomic E-state index is 0.000603. The number of carboxylic acid groups (broad SMARTS) is 1. The molecule has 0 heterocycles. The molecule has 0 aromatic carbocycles. The Morgan fingerprint density at radius 2 is 1.81 bits per heavy atom. The molecule has 6 heteroatoms. The van der Waals surface area contributed by atoms with E-state index in [2.05, 4.69) is 6.58 Å². The predicted molar refractivity (Wildman–Crippen MR) is 98.6 cm³/mol. The second-order valence-electron chi connectivity index (χ2n) is 6.84. The van der Waals surface area contributed by atoms with Crippen molar-refractivity contribution < 1.29 is 29.4 Å². The number of carbonyl (C=O) groups excluding carboxylic acids is 3. The third-order valence-electron chi connectivity index (χ3n) is 3.84. The molecule has 0 aliphatic heterocycles. The summed E-state index contributed by atoms with van der Waals surface area (Å²) < 4.78 is 0. The standard InChI is InChI=1S/C20H28O6/c1-14(7-5-8-15(2)23)18(19(24)25)17(10-12-21)16(13-22)9-6-11-20(3,4)26/h6,9,11-13,17-18,26H,1,5,7-8,10H2,2-4H3,(H,24,25)/b11-6+,16-9-/t17-,18+/m1/s1. The highest BCUT2D eigenvalue weighted by Gasteiger charge is 2.32. The molecule has 2 atom stereocenters. The quantitative estimate of drug-likeness (QED) is 0.225. The van der Waals surface area contributed by atoms with E-state index in [4.69, 9.17) is 0 Å². The molecule has 0 radical (unpaired) electrons. The maximum atomic E-state index is 11.8. The second kappa shape index (κ2) is 11.3. The average molecular weight is 364 g/mol. The van der Waals surface area contributed by atoms with Crippen LogP contribution in [0.25, 0.3) is 0 Å². The van der Waals surface area contributed by atoms with Gasteiger partial charge in [-0.05, 0) is 39.2 Å². The number of rotatable bonds is 13. The Hall–Kier alpha value is -2.34. The molecule has 144 valence electrons. The Bertz CT molecular complexity index is 592. The number of carbonyl (C=O) groups is 4. The van der Waals surface area contributed by atoms with Crippen LogP contribution in [0.1, 0.15) is 46.5 Å². The van der Waals surface area contributed by atoms with Crippen molar-refractivity contribution in [2.24, 2.45) is 11.8 Å². The Balaban J connectivity index is 5.60. The number of hydrogen-bond acceptors (Lipinski definition) is 5. The van der Waals surface area contributed by atoms with E-state index in [9.17, 15) is 29.4 Å². The molecule has 0 spiro atoms. The van der Waals surface area contributed by atoms with Crippen molar-refractivity contribution in [2.75, 3.05) is 0 Å². The minimum Gasteiger partial charge on any atom is -0.481 e. The van der Waals surface area contributed by atoms with E-state index < -0.39 is 23.4 Å². The first kappa shape index (κ1) is 23.7. The molecule has 0 saturated heterocycles. The van der Waals surface area contributed by atoms with Gasteiger partial charge in [-0.25, -0.2) is 0 Å². The summed E-state index contributed by atoms with van der Waals surface area (Å²) in [6.07, 6.45) is 6.34. The fourth-order valence-electron chi connectivity index (χ4n) is 2.56. The largest absolute Gasteiger partial charge is 0.481 e. The van der Waals surface area contributed by atoms with Crippen LogP contribution in [0.15, 0.2) is 36.0 Å². The topological polar surface area (TPSA) is 109 Å². The van der Waals surface area contributed by atoms with Crippen LogP contribution in [0.3, 0.4) is 0 Å². The van der Waals surface area contributed by atoms with Gasteiger partial charge in [0, 0.05) is 18.8 Å². The minimum atomic E-state index is -1.18. The highest BCUT2D eigenvalue weighted by atomic mass is 16.4. The third-order valence-corrected chi connectivity index (χ3v) is 3.84. The van der Waals surface area contributed by atoms with Crippen molar-refractivity contribution in [3.63, 3.8) is 0 Å². The number of Topliss-reactive ketones (excluding diaryl/α,β-unsaturated/α-hetero) is 1. The van der Waals surface area contributed by atoms with Crippen LogP contribution in [0, 0.1) is 11.8 Å². The van der Waals surface area contributed by atoms with Gasteiger partial charge >= 0.3 is 5.97 Å². The molecule has 6 nitrogen and oxygen atoms in total. The van der Waals surface area contributed by atoms with Crippen LogP contribution in [0.4, 0.5) is 0 Å². The van der Waals surface area contributed by atoms with Crippen molar-refractivity contribution in [1.29, 1.82) is 0 Å². The smallest absolute Gasteiger partial charge is 0.311 e. The summed E-state index contributed by atoms with van der Waals surface area (Å²) >= 11 is 0. The average Bonchev–Trinajstić information content (AvgIpc) is 2.49. The van der Waals surface area contributed by atoms with Crippen molar-refractivity contribution in [1.82, 2.24) is 0 Å². The molecule has 0 aliphatic rings. The highest BCUT2D eigenvalue weighted by Crippen LogP contribution is 2.31. The van der Waals surface area contributed by atoms with Crippen LogP contribution in [0.5, 0.6) is 0 Å². The van der Waals surface area contributed by atoms with Crippen LogP contribution >= 0.6 is 0 Å². The molecular formula is C20H28O6. The van der Waals surface area contributed by atoms with Crippen molar-refractivity contribution >= 4 is 24.3 Å². The fraction of sp³-hybridized carbons (Fsp3) is 0.500. The zero-order chi connectivity index (χ0) is 20.3. The van der Waals surface area contributed by atoms with Gasteiger partial charge in [-0.1, -0.05) is 30.4 Å². The number of aldehydes is 2. The van der Waals surface area contributed by atoms with E-state index in [1.807, 2.05) is 0 Å². The summed E-state index contributed by atoms with van der Waals surface area (Å²) in [4.78, 5) is 45.3. The van der Waals surface area contributed by atoms with Crippen LogP contribution < -0.4 is 0 Å². The lowest BCUT2D eigenvalue weighted by atomic mass is 9.78. The van der Waals surface area contributed by atoms with E-state index in [0.29, 0.717) is 37.4 Å². The Labute approximate surface area is 154 Å². The molecule has 2 N–H and O–H groups in total. The monoisotopic (exact) mass is 364 g/mol. The molecule has 0 fully saturated rings. The summed E-state index contributed by atoms with van der Waals surface area (Å²) in [5, 5.41) is 19.3. The van der Waals surface area contributed by atoms with Crippen LogP contribution in [0.2, 0.25) is 0 Å². The summed E-state index contributed by atoms with van der Waals surface area (Å²) in [6, 6.07) is 0. The second-order valence-corrected chi connectivity index (χ2v) is 6.84. The fourth-order valence-corrected chi connectivity index (χ4v) is 2.56. The van der Waals surface area contributed by atoms with Gasteiger partial charge in [0.15, 0.2) is 0 Å². The summed E-state index contributed by atoms with van der Waals surface area (Å²) in [7, 11) is 0. The van der Waals surface area contributed by atoms with Crippen LogP contribution in [-0.4, -0.2) is 40.1 Å². The molecule has 0 bridgehead atoms. The summed E-state index contributed by atoms with van der Waals surface area (Å²) in [5.41, 5.74) is -0.588. The van der Waals surface area contributed by atoms with Gasteiger partial charge in [-0.15, -0.1) is 0 Å². The maximum absolute atomic E-state index is 11.8. The van der Waals surface area contributed by atoms with Crippen LogP contribution in [-0.2, 0) is 19.2 Å². The molecule has 0 amide bonds. The van der Waals surface area contributed by atoms with E-state index in [1.54, 1.807) is 13.8 Å². The first-order valence-corrected chi connectivity index (χ1v) is 8.44. The van der Waals surface area contributed by atoms with Gasteiger partial charge < -0.3 is 19.8 Å². The first-order chi connectivity index (χ1) is 12.0. The molecule has 0 aromatic heterocycles. The molecule has 0 saturated carbocycles. The van der Waals surface area contributed by atoms with Gasteiger partial charge in [-0.2, -0.15) is 0 Å². The van der Waals surface area contributed by atoms with Gasteiger partial charge in [-0.3, -0.25) is 9.59 Å². The van der Waals surface area contributed by atoms with Gasteiger partial charge in [0.05, 0.1) is 11.5 Å². The third kappa shape index (κ3) is 9.22. The number of aliphatic hydroxyl groups is 1. The predicted octanol–water partition coefficient (Wildman–Crippen LogP) is 2.66. The maximum Gasteiger partial charge on any atom is 0.311 e. The summed E-state index contributed by atoms with van der Waals surface area (Å²) in [6.45, 7) is 8.36. The van der Waals surface area contributed by atoms with E-state index in [-0.39, 0.29) is 17.8 Å². The lowest BCUT2D eigenvalue weighted by molar-refractivity contribution is -0.141. The summed E-state index contributed by atoms with van der Waals surface area (Å²) in [5.74, 6) is -3.15. The Morgan fingerprint density at radius 3 is 2.23 bits per heavy atom. The lowest BCUT2D eigenvalue weighted by Crippen LogP contribution is -2.28. The molecule has 0 aliphatic carbocycles. The van der Waals surface area contributed by atoms with E-state index in [1.165, 1.54) is 25.2 Å². The van der Waals surface area contributed by atoms with Gasteiger partial charge in [0.25, 0.3) is 0 Å². The Kier molecular flexibility index (Phi) is 10.3. The molecule has 0 aromatic rings. The highest BCUT2D eigenvalue weighted by molar-refractivity contribution is 5.81. The van der Waals surface area contributed by atoms with Gasteiger partial charge in [0.2, 0.25) is 0 Å². The molecular weight excluding hydrogens is 336 g/mol. The molecule has 0 rings (SSSR count). The number of aliphatic carboxylic acids is 1. The first-order valence-electron chi connectivity index (χ1n) is 8.44. The normalized spacial score (nSPS) is 14.7. The van der Waals surface area contributed by atoms with Gasteiger partial charge in [0.1, 0.15) is 18.4 Å². The number of ketones is 1. The number of carboxylic acids is 1. The van der Waals surface area contributed by atoms with E-state index >= 15 is 0 Å². The molecule has 0 unspecified atom stereocenters. The zero-order valence-electron chi connectivity index (χ0n) is 15.6. The number of allylic oxidation sites excluding steroid dienone is 3. The number of hydrogen-bond donors (Lipinski definition) is 2. The van der Waals surface area contributed by atoms with Crippen molar-refractivity contribution in [2.45, 2.75) is 52.1 Å². The lowest BCUT2D eigenvalue weighted by Gasteiger charge is -2.24. The van der Waals surface area contributed by atoms with Crippen molar-refractivity contribution in [3.05, 3.63) is 36.0 Å².